The van der Waals surface area contributed by atoms with Crippen LogP contribution in [0.5, 0.6) is 5.88 Å². The molecular formula is C20H23N5O3. The smallest absolute Gasteiger partial charge is 0.267 e. The summed E-state index contributed by atoms with van der Waals surface area (Å²) in [5.74, 6) is 0.386. The molecule has 3 aromatic rings. The second kappa shape index (κ2) is 8.62. The summed E-state index contributed by atoms with van der Waals surface area (Å²) in [6.07, 6.45) is 0. The van der Waals surface area contributed by atoms with Crippen molar-refractivity contribution in [2.75, 3.05) is 26.1 Å². The van der Waals surface area contributed by atoms with Gasteiger partial charge >= 0.3 is 0 Å². The van der Waals surface area contributed by atoms with E-state index in [1.165, 1.54) is 10.7 Å². The van der Waals surface area contributed by atoms with Gasteiger partial charge in [-0.15, -0.1) is 0 Å². The Bertz CT molecular complexity index is 1000. The SMILES string of the molecule is COCCOc1nc(N)nc(-c2ccccc2)c1-c1ccc(=O)n(C(C)C)n1. The minimum atomic E-state index is -0.182. The van der Waals surface area contributed by atoms with Crippen molar-refractivity contribution in [2.24, 2.45) is 0 Å². The maximum Gasteiger partial charge on any atom is 0.267 e. The second-order valence-electron chi connectivity index (χ2n) is 6.41. The molecule has 0 aliphatic rings. The summed E-state index contributed by atoms with van der Waals surface area (Å²) in [5, 5.41) is 4.52. The molecule has 0 radical (unpaired) electrons. The first-order valence-corrected chi connectivity index (χ1v) is 8.96. The number of anilines is 1. The average Bonchev–Trinajstić information content (AvgIpc) is 2.69. The molecule has 0 aliphatic carbocycles. The van der Waals surface area contributed by atoms with Crippen molar-refractivity contribution in [2.45, 2.75) is 19.9 Å². The first-order valence-electron chi connectivity index (χ1n) is 8.96. The van der Waals surface area contributed by atoms with Crippen molar-refractivity contribution < 1.29 is 9.47 Å². The van der Waals surface area contributed by atoms with E-state index in [1.807, 2.05) is 44.2 Å². The van der Waals surface area contributed by atoms with E-state index in [0.29, 0.717) is 29.4 Å². The summed E-state index contributed by atoms with van der Waals surface area (Å²) >= 11 is 0. The van der Waals surface area contributed by atoms with Crippen LogP contribution in [0.4, 0.5) is 5.95 Å². The highest BCUT2D eigenvalue weighted by Crippen LogP contribution is 2.36. The third-order valence-corrected chi connectivity index (χ3v) is 4.04. The summed E-state index contributed by atoms with van der Waals surface area (Å²) in [4.78, 5) is 20.9. The highest BCUT2D eigenvalue weighted by atomic mass is 16.5. The van der Waals surface area contributed by atoms with Crippen LogP contribution in [0.25, 0.3) is 22.5 Å². The molecular weight excluding hydrogens is 358 g/mol. The van der Waals surface area contributed by atoms with Gasteiger partial charge < -0.3 is 15.2 Å². The number of hydrogen-bond donors (Lipinski definition) is 1. The number of rotatable bonds is 7. The van der Waals surface area contributed by atoms with Gasteiger partial charge in [-0.25, -0.2) is 9.67 Å². The van der Waals surface area contributed by atoms with Gasteiger partial charge in [-0.3, -0.25) is 4.79 Å². The number of benzene rings is 1. The van der Waals surface area contributed by atoms with Crippen LogP contribution in [0.15, 0.2) is 47.3 Å². The van der Waals surface area contributed by atoms with Crippen LogP contribution >= 0.6 is 0 Å². The van der Waals surface area contributed by atoms with Crippen LogP contribution < -0.4 is 16.0 Å². The molecule has 0 fully saturated rings. The van der Waals surface area contributed by atoms with Gasteiger partial charge in [-0.2, -0.15) is 10.1 Å². The lowest BCUT2D eigenvalue weighted by atomic mass is 10.0. The van der Waals surface area contributed by atoms with Gasteiger partial charge in [0.05, 0.1) is 29.6 Å². The van der Waals surface area contributed by atoms with E-state index in [1.54, 1.807) is 13.2 Å². The van der Waals surface area contributed by atoms with Crippen molar-refractivity contribution in [3.05, 3.63) is 52.8 Å². The minimum absolute atomic E-state index is 0.0900. The van der Waals surface area contributed by atoms with Crippen LogP contribution in [0, 0.1) is 0 Å². The zero-order valence-electron chi connectivity index (χ0n) is 16.1. The summed E-state index contributed by atoms with van der Waals surface area (Å²) in [6, 6.07) is 12.6. The fraction of sp³-hybridized carbons (Fsp3) is 0.300. The molecule has 0 unspecified atom stereocenters. The molecule has 0 saturated heterocycles. The Labute approximate surface area is 163 Å². The number of hydrogen-bond acceptors (Lipinski definition) is 7. The molecule has 0 amide bonds. The van der Waals surface area contributed by atoms with E-state index in [-0.39, 0.29) is 24.2 Å². The number of nitrogens with zero attached hydrogens (tertiary/aromatic N) is 4. The molecule has 8 nitrogen and oxygen atoms in total. The van der Waals surface area contributed by atoms with Gasteiger partial charge in [-0.1, -0.05) is 30.3 Å². The Hall–Kier alpha value is -3.26. The number of methoxy groups -OCH3 is 1. The second-order valence-corrected chi connectivity index (χ2v) is 6.41. The molecule has 2 aromatic heterocycles. The standard InChI is InChI=1S/C20H23N5O3/c1-13(2)25-16(26)10-9-15(24-25)17-18(14-7-5-4-6-8-14)22-20(21)23-19(17)28-12-11-27-3/h4-10,13H,11-12H2,1-3H3,(H2,21,22,23). The van der Waals surface area contributed by atoms with Gasteiger partial charge in [0.25, 0.3) is 5.56 Å². The molecule has 2 N–H and O–H groups in total. The maximum atomic E-state index is 12.2. The van der Waals surface area contributed by atoms with Crippen molar-refractivity contribution in [1.82, 2.24) is 19.7 Å². The molecule has 0 atom stereocenters. The number of ether oxygens (including phenoxy) is 2. The lowest BCUT2D eigenvalue weighted by molar-refractivity contribution is 0.144. The Morgan fingerprint density at radius 3 is 2.50 bits per heavy atom. The van der Waals surface area contributed by atoms with E-state index in [0.717, 1.165) is 5.56 Å². The Morgan fingerprint density at radius 1 is 1.07 bits per heavy atom. The Kier molecular flexibility index (Phi) is 6.00. The molecule has 3 rings (SSSR count). The monoisotopic (exact) mass is 381 g/mol. The van der Waals surface area contributed by atoms with Gasteiger partial charge in [0.2, 0.25) is 11.8 Å². The lowest BCUT2D eigenvalue weighted by Crippen LogP contribution is -2.24. The molecule has 0 spiro atoms. The van der Waals surface area contributed by atoms with Crippen molar-refractivity contribution in [1.29, 1.82) is 0 Å². The highest BCUT2D eigenvalue weighted by Gasteiger charge is 2.21. The van der Waals surface area contributed by atoms with Crippen LogP contribution in [0.2, 0.25) is 0 Å². The molecule has 1 aromatic carbocycles. The number of aromatic nitrogens is 4. The van der Waals surface area contributed by atoms with Gasteiger partial charge in [0.1, 0.15) is 6.61 Å². The third-order valence-electron chi connectivity index (χ3n) is 4.04. The van der Waals surface area contributed by atoms with E-state index >= 15 is 0 Å². The molecule has 146 valence electrons. The molecule has 0 aliphatic heterocycles. The van der Waals surface area contributed by atoms with Gasteiger partial charge in [-0.05, 0) is 19.9 Å². The van der Waals surface area contributed by atoms with Crippen LogP contribution in [-0.2, 0) is 4.74 Å². The normalized spacial score (nSPS) is 11.0. The van der Waals surface area contributed by atoms with Crippen molar-refractivity contribution in [3.8, 4) is 28.4 Å². The summed E-state index contributed by atoms with van der Waals surface area (Å²) in [7, 11) is 1.59. The number of nitrogens with two attached hydrogens (primary N) is 1. The maximum absolute atomic E-state index is 12.2. The predicted molar refractivity (Wildman–Crippen MR) is 107 cm³/mol. The predicted octanol–water partition coefficient (Wildman–Crippen LogP) is 2.56. The van der Waals surface area contributed by atoms with Crippen molar-refractivity contribution in [3.63, 3.8) is 0 Å². The lowest BCUT2D eigenvalue weighted by Gasteiger charge is -2.16. The molecule has 28 heavy (non-hydrogen) atoms. The largest absolute Gasteiger partial charge is 0.475 e. The summed E-state index contributed by atoms with van der Waals surface area (Å²) in [5.41, 5.74) is 8.29. The Morgan fingerprint density at radius 2 is 1.82 bits per heavy atom. The number of nitrogen functional groups attached to an aromatic ring is 1. The molecule has 0 saturated carbocycles. The fourth-order valence-electron chi connectivity index (χ4n) is 2.75. The van der Waals surface area contributed by atoms with Crippen LogP contribution in [0.1, 0.15) is 19.9 Å². The highest BCUT2D eigenvalue weighted by molar-refractivity contribution is 5.83. The van der Waals surface area contributed by atoms with E-state index in [9.17, 15) is 4.79 Å². The summed E-state index contributed by atoms with van der Waals surface area (Å²) < 4.78 is 12.3. The Balaban J connectivity index is 2.24. The topological polar surface area (TPSA) is 105 Å². The first-order chi connectivity index (χ1) is 13.5. The van der Waals surface area contributed by atoms with Gasteiger partial charge in [0.15, 0.2) is 0 Å². The third kappa shape index (κ3) is 4.17. The quantitative estimate of drug-likeness (QED) is 0.627. The average molecular weight is 381 g/mol. The van der Waals surface area contributed by atoms with E-state index in [4.69, 9.17) is 15.2 Å². The van der Waals surface area contributed by atoms with Crippen molar-refractivity contribution >= 4 is 5.95 Å². The van der Waals surface area contributed by atoms with E-state index in [2.05, 4.69) is 15.1 Å². The molecule has 2 heterocycles. The zero-order valence-corrected chi connectivity index (χ0v) is 16.1. The van der Waals surface area contributed by atoms with Crippen LogP contribution in [-0.4, -0.2) is 40.1 Å². The fourth-order valence-corrected chi connectivity index (χ4v) is 2.75. The first kappa shape index (κ1) is 19.5. The van der Waals surface area contributed by atoms with Gasteiger partial charge in [0, 0.05) is 18.7 Å². The zero-order chi connectivity index (χ0) is 20.1. The minimum Gasteiger partial charge on any atom is -0.475 e. The van der Waals surface area contributed by atoms with Crippen LogP contribution in [0.3, 0.4) is 0 Å². The molecule has 0 bridgehead atoms. The molecule has 8 heteroatoms. The summed E-state index contributed by atoms with van der Waals surface area (Å²) in [6.45, 7) is 4.47. The van der Waals surface area contributed by atoms with E-state index < -0.39 is 0 Å².